The van der Waals surface area contributed by atoms with Gasteiger partial charge in [0.25, 0.3) is 0 Å². The van der Waals surface area contributed by atoms with Crippen molar-refractivity contribution in [3.63, 3.8) is 0 Å². The zero-order valence-electron chi connectivity index (χ0n) is 16.3. The van der Waals surface area contributed by atoms with Crippen LogP contribution in [-0.2, 0) is 16.1 Å². The van der Waals surface area contributed by atoms with Crippen molar-refractivity contribution >= 4 is 30.5 Å². The Morgan fingerprint density at radius 3 is 2.77 bits per heavy atom. The lowest BCUT2D eigenvalue weighted by Crippen LogP contribution is -2.42. The number of hydrogen-bond acceptors (Lipinski definition) is 6. The Morgan fingerprint density at radius 1 is 1.30 bits per heavy atom. The Balaban J connectivity index is 1.60. The zero-order valence-corrected chi connectivity index (χ0v) is 17.2. The largest absolute Gasteiger partial charge is 0.480 e. The highest BCUT2D eigenvalue weighted by atomic mass is 32.1. The number of halogens is 1. The first kappa shape index (κ1) is 20.7. The number of ketones is 1. The SMILES string of the molecule is O=C(O)Cn1ncc(C=C2CN(C(C(=O)C3CC3)c3ccccc3F)CCC2S)n1. The fourth-order valence-electron chi connectivity index (χ4n) is 3.84. The summed E-state index contributed by atoms with van der Waals surface area (Å²) in [6, 6.07) is 5.85. The number of carboxylic acid groups (broad SMARTS) is 1. The van der Waals surface area contributed by atoms with Crippen LogP contribution in [0.5, 0.6) is 0 Å². The lowest BCUT2D eigenvalue weighted by Gasteiger charge is -2.37. The fraction of sp³-hybridized carbons (Fsp3) is 0.429. The maximum atomic E-state index is 14.6. The molecule has 2 aromatic rings. The van der Waals surface area contributed by atoms with E-state index in [9.17, 15) is 14.0 Å². The van der Waals surface area contributed by atoms with Crippen molar-refractivity contribution in [1.82, 2.24) is 19.9 Å². The lowest BCUT2D eigenvalue weighted by atomic mass is 9.93. The molecule has 9 heteroatoms. The smallest absolute Gasteiger partial charge is 0.327 e. The minimum atomic E-state index is -1.02. The number of aliphatic carboxylic acids is 1. The number of carbonyl (C=O) groups is 2. The van der Waals surface area contributed by atoms with Crippen molar-refractivity contribution in [1.29, 1.82) is 0 Å². The van der Waals surface area contributed by atoms with E-state index >= 15 is 0 Å². The Bertz CT molecular complexity index is 988. The summed E-state index contributed by atoms with van der Waals surface area (Å²) in [6.07, 6.45) is 5.76. The maximum absolute atomic E-state index is 14.6. The lowest BCUT2D eigenvalue weighted by molar-refractivity contribution is -0.138. The molecule has 2 fully saturated rings. The monoisotopic (exact) mass is 430 g/mol. The van der Waals surface area contributed by atoms with Crippen molar-refractivity contribution in [3.05, 3.63) is 53.1 Å². The molecule has 0 bridgehead atoms. The van der Waals surface area contributed by atoms with Gasteiger partial charge in [0, 0.05) is 29.8 Å². The van der Waals surface area contributed by atoms with Gasteiger partial charge in [-0.15, -0.1) is 0 Å². The van der Waals surface area contributed by atoms with E-state index in [0.717, 1.165) is 23.2 Å². The second-order valence-corrected chi connectivity index (χ2v) is 8.41. The van der Waals surface area contributed by atoms with Crippen molar-refractivity contribution in [3.8, 4) is 0 Å². The molecule has 2 aliphatic rings. The van der Waals surface area contributed by atoms with E-state index in [4.69, 9.17) is 5.11 Å². The van der Waals surface area contributed by atoms with Gasteiger partial charge in [-0.05, 0) is 37.0 Å². The number of likely N-dealkylation sites (tertiary alicyclic amines) is 1. The minimum Gasteiger partial charge on any atom is -0.480 e. The summed E-state index contributed by atoms with van der Waals surface area (Å²) in [6.45, 7) is 0.775. The normalized spacial score (nSPS) is 22.2. The van der Waals surface area contributed by atoms with E-state index in [0.29, 0.717) is 30.8 Å². The highest BCUT2D eigenvalue weighted by Crippen LogP contribution is 2.39. The second kappa shape index (κ2) is 8.69. The number of carboxylic acids is 1. The first-order valence-electron chi connectivity index (χ1n) is 9.95. The zero-order chi connectivity index (χ0) is 21.3. The predicted octanol–water partition coefficient (Wildman–Crippen LogP) is 2.61. The van der Waals surface area contributed by atoms with Crippen LogP contribution in [0, 0.1) is 11.7 Å². The van der Waals surface area contributed by atoms with E-state index in [2.05, 4.69) is 22.8 Å². The van der Waals surface area contributed by atoms with Crippen LogP contribution >= 0.6 is 12.6 Å². The van der Waals surface area contributed by atoms with E-state index in [-0.39, 0.29) is 29.3 Å². The summed E-state index contributed by atoms with van der Waals surface area (Å²) in [5.41, 5.74) is 1.89. The van der Waals surface area contributed by atoms with Gasteiger partial charge in [0.15, 0.2) is 12.3 Å². The molecule has 1 aliphatic heterocycles. The average molecular weight is 431 g/mol. The number of thiol groups is 1. The van der Waals surface area contributed by atoms with Gasteiger partial charge in [0.1, 0.15) is 11.5 Å². The van der Waals surface area contributed by atoms with Crippen LogP contribution in [0.1, 0.15) is 36.6 Å². The summed E-state index contributed by atoms with van der Waals surface area (Å²) in [5, 5.41) is 17.0. The number of Topliss-reactive ketones (excluding diaryl/α,β-unsaturated/α-hetero) is 1. The van der Waals surface area contributed by atoms with Gasteiger partial charge in [-0.2, -0.15) is 27.6 Å². The molecule has 1 saturated carbocycles. The molecule has 0 amide bonds. The van der Waals surface area contributed by atoms with Gasteiger partial charge >= 0.3 is 5.97 Å². The van der Waals surface area contributed by atoms with E-state index in [1.54, 1.807) is 18.2 Å². The molecule has 1 aliphatic carbocycles. The molecule has 2 heterocycles. The Labute approximate surface area is 179 Å². The van der Waals surface area contributed by atoms with Crippen molar-refractivity contribution in [2.75, 3.05) is 13.1 Å². The number of rotatable bonds is 7. The van der Waals surface area contributed by atoms with E-state index < -0.39 is 12.0 Å². The maximum Gasteiger partial charge on any atom is 0.327 e. The van der Waals surface area contributed by atoms with Crippen LogP contribution in [0.3, 0.4) is 0 Å². The first-order valence-corrected chi connectivity index (χ1v) is 10.5. The first-order chi connectivity index (χ1) is 14.4. The fourth-order valence-corrected chi connectivity index (χ4v) is 4.11. The van der Waals surface area contributed by atoms with Gasteiger partial charge in [-0.1, -0.05) is 18.2 Å². The number of hydrogen-bond donors (Lipinski definition) is 2. The Kier molecular flexibility index (Phi) is 6.01. The predicted molar refractivity (Wildman–Crippen MR) is 111 cm³/mol. The number of aromatic nitrogens is 3. The highest BCUT2D eigenvalue weighted by molar-refractivity contribution is 7.81. The van der Waals surface area contributed by atoms with Gasteiger partial charge in [0.05, 0.1) is 12.2 Å². The van der Waals surface area contributed by atoms with Crippen LogP contribution in [-0.4, -0.2) is 55.1 Å². The molecule has 1 aromatic carbocycles. The molecule has 1 N–H and O–H groups in total. The van der Waals surface area contributed by atoms with Crippen LogP contribution in [0.25, 0.3) is 6.08 Å². The standard InChI is InChI=1S/C21H23FN4O3S/c22-17-4-2-1-3-16(17)20(21(29)13-5-6-13)25-8-7-18(30)14(11-25)9-15-10-23-26(24-15)12-19(27)28/h1-4,9-10,13,18,20,30H,5-8,11-12H2,(H,27,28). The third kappa shape index (κ3) is 4.62. The average Bonchev–Trinajstić information content (AvgIpc) is 3.47. The summed E-state index contributed by atoms with van der Waals surface area (Å²) >= 11 is 4.67. The summed E-state index contributed by atoms with van der Waals surface area (Å²) in [5.74, 6) is -1.31. The molecule has 1 saturated heterocycles. The summed E-state index contributed by atoms with van der Waals surface area (Å²) in [4.78, 5) is 27.0. The van der Waals surface area contributed by atoms with E-state index in [1.165, 1.54) is 12.3 Å². The van der Waals surface area contributed by atoms with Gasteiger partial charge in [0.2, 0.25) is 0 Å². The van der Waals surface area contributed by atoms with Crippen molar-refractivity contribution in [2.45, 2.75) is 37.1 Å². The van der Waals surface area contributed by atoms with Crippen molar-refractivity contribution < 1.29 is 19.1 Å². The molecule has 7 nitrogen and oxygen atoms in total. The molecule has 2 unspecified atom stereocenters. The third-order valence-electron chi connectivity index (χ3n) is 5.48. The number of piperidine rings is 1. The van der Waals surface area contributed by atoms with Gasteiger partial charge in [-0.3, -0.25) is 14.5 Å². The Hall–Kier alpha value is -2.52. The molecule has 4 rings (SSSR count). The molecule has 0 radical (unpaired) electrons. The summed E-state index contributed by atoms with van der Waals surface area (Å²) < 4.78 is 14.6. The molecule has 0 spiro atoms. The number of nitrogens with zero attached hydrogens (tertiary/aromatic N) is 4. The molecule has 1 aromatic heterocycles. The van der Waals surface area contributed by atoms with E-state index in [1.807, 2.05) is 11.0 Å². The second-order valence-electron chi connectivity index (χ2n) is 7.79. The molecular formula is C21H23FN4O3S. The molecule has 158 valence electrons. The minimum absolute atomic E-state index is 0.00618. The van der Waals surface area contributed by atoms with Crippen LogP contribution in [0.4, 0.5) is 4.39 Å². The molecular weight excluding hydrogens is 407 g/mol. The topological polar surface area (TPSA) is 88.3 Å². The van der Waals surface area contributed by atoms with Crippen LogP contribution < -0.4 is 0 Å². The Morgan fingerprint density at radius 2 is 2.07 bits per heavy atom. The molecule has 2 atom stereocenters. The van der Waals surface area contributed by atoms with Crippen LogP contribution in [0.2, 0.25) is 0 Å². The molecule has 30 heavy (non-hydrogen) atoms. The third-order valence-corrected chi connectivity index (χ3v) is 6.07. The number of carbonyl (C=O) groups excluding carboxylic acids is 1. The van der Waals surface area contributed by atoms with Crippen LogP contribution in [0.15, 0.2) is 36.0 Å². The quantitative estimate of drug-likeness (QED) is 0.657. The van der Waals surface area contributed by atoms with Gasteiger partial charge < -0.3 is 5.11 Å². The summed E-state index contributed by atoms with van der Waals surface area (Å²) in [7, 11) is 0. The van der Waals surface area contributed by atoms with Gasteiger partial charge in [-0.25, -0.2) is 4.39 Å². The van der Waals surface area contributed by atoms with Crippen molar-refractivity contribution in [2.24, 2.45) is 5.92 Å². The number of benzene rings is 1. The highest BCUT2D eigenvalue weighted by Gasteiger charge is 2.40.